The van der Waals surface area contributed by atoms with Crippen LogP contribution in [0.25, 0.3) is 0 Å². The topological polar surface area (TPSA) is 89.8 Å². The highest BCUT2D eigenvalue weighted by atomic mass is 16.3. The Balaban J connectivity index is 2.55. The van der Waals surface area contributed by atoms with Crippen molar-refractivity contribution in [2.45, 2.75) is 20.8 Å². The Labute approximate surface area is 157 Å². The first kappa shape index (κ1) is 20.0. The molecule has 2 aromatic rings. The van der Waals surface area contributed by atoms with Gasteiger partial charge in [0.15, 0.2) is 11.5 Å². The van der Waals surface area contributed by atoms with E-state index >= 15 is 0 Å². The number of aromatic hydroxyl groups is 3. The van der Waals surface area contributed by atoms with Gasteiger partial charge in [-0.3, -0.25) is 4.79 Å². The molecule has 4 N–H and O–H groups in total. The second kappa shape index (κ2) is 7.48. The van der Waals surface area contributed by atoms with Gasteiger partial charge in [-0.15, -0.1) is 0 Å². The van der Waals surface area contributed by atoms with E-state index in [0.717, 1.165) is 0 Å². The average molecular weight is 339 g/mol. The molecule has 26 heavy (non-hydrogen) atoms. The normalized spacial score (nSPS) is 10.4. The maximum Gasteiger partial charge on any atom is 0.256 e. The van der Waals surface area contributed by atoms with Crippen molar-refractivity contribution in [1.82, 2.24) is 0 Å². The van der Waals surface area contributed by atoms with Crippen molar-refractivity contribution in [3.63, 3.8) is 0 Å². The minimum Gasteiger partial charge on any atom is -0.508 e. The fourth-order valence-electron chi connectivity index (χ4n) is 2.82. The third-order valence-corrected chi connectivity index (χ3v) is 4.35. The quantitative estimate of drug-likeness (QED) is 0.341. The van der Waals surface area contributed by atoms with E-state index in [-0.39, 0.29) is 28.4 Å². The van der Waals surface area contributed by atoms with Crippen molar-refractivity contribution in [1.29, 1.82) is 0 Å². The number of amides is 1. The molecule has 0 heterocycles. The number of carbonyl (C=O) groups excluding carboxylic acids is 1. The molecule has 0 aliphatic carbocycles. The van der Waals surface area contributed by atoms with Crippen LogP contribution in [0.5, 0.6) is 17.2 Å². The number of hydrogen-bond acceptors (Lipinski definition) is 4. The molecule has 2 aromatic carbocycles. The summed E-state index contributed by atoms with van der Waals surface area (Å²) in [5.41, 5.74) is 2.12. The number of carbonyl (C=O) groups is 1. The van der Waals surface area contributed by atoms with Crippen LogP contribution >= 0.6 is 0 Å². The molecule has 0 fully saturated rings. The van der Waals surface area contributed by atoms with E-state index in [9.17, 15) is 20.1 Å². The highest BCUT2D eigenvalue weighted by Crippen LogP contribution is 2.34. The van der Waals surface area contributed by atoms with Gasteiger partial charge in [0.1, 0.15) is 12.9 Å². The molecule has 7 radical (unpaired) electrons. The monoisotopic (exact) mass is 340 g/mol. The number of nitrogens with one attached hydrogen (secondary N) is 1. The van der Waals surface area contributed by atoms with Gasteiger partial charge in [0, 0.05) is 40.0 Å². The molecule has 10 heteroatoms. The van der Waals surface area contributed by atoms with E-state index in [1.807, 2.05) is 0 Å². The van der Waals surface area contributed by atoms with Gasteiger partial charge in [0.25, 0.3) is 5.91 Å². The van der Waals surface area contributed by atoms with Gasteiger partial charge in [-0.05, 0) is 44.0 Å². The Kier molecular flexibility index (Phi) is 5.74. The number of benzene rings is 2. The van der Waals surface area contributed by atoms with Gasteiger partial charge in [-0.2, -0.15) is 0 Å². The molecule has 1 amide bonds. The van der Waals surface area contributed by atoms with Crippen LogP contribution in [-0.4, -0.2) is 58.1 Å². The van der Waals surface area contributed by atoms with Crippen LogP contribution in [0, 0.1) is 20.8 Å². The Morgan fingerprint density at radius 3 is 2.19 bits per heavy atom. The molecule has 0 aromatic heterocycles. The molecular weight excluding hydrogens is 324 g/mol. The van der Waals surface area contributed by atoms with Crippen molar-refractivity contribution < 1.29 is 20.1 Å². The van der Waals surface area contributed by atoms with Crippen molar-refractivity contribution >= 4 is 59.4 Å². The summed E-state index contributed by atoms with van der Waals surface area (Å²) in [7, 11) is 18.3. The summed E-state index contributed by atoms with van der Waals surface area (Å²) in [5.74, 6) is -1.24. The first-order chi connectivity index (χ1) is 12.1. The second-order valence-electron chi connectivity index (χ2n) is 6.11. The van der Waals surface area contributed by atoms with Gasteiger partial charge in [-0.1, -0.05) is 10.9 Å². The van der Waals surface area contributed by atoms with Gasteiger partial charge >= 0.3 is 0 Å². The highest BCUT2D eigenvalue weighted by Gasteiger charge is 2.21. The fourth-order valence-corrected chi connectivity index (χ4v) is 2.82. The first-order valence-electron chi connectivity index (χ1n) is 7.86. The van der Waals surface area contributed by atoms with Crippen LogP contribution in [0.1, 0.15) is 27.0 Å². The van der Waals surface area contributed by atoms with Crippen LogP contribution < -0.4 is 16.2 Å². The van der Waals surface area contributed by atoms with E-state index in [0.29, 0.717) is 27.7 Å². The molecule has 0 bridgehead atoms. The van der Waals surface area contributed by atoms with E-state index in [1.165, 1.54) is 26.2 Å². The van der Waals surface area contributed by atoms with E-state index in [2.05, 4.69) is 5.32 Å². The van der Waals surface area contributed by atoms with Crippen LogP contribution in [0.15, 0.2) is 12.1 Å². The molecule has 0 spiro atoms. The Morgan fingerprint density at radius 1 is 1.04 bits per heavy atom. The predicted octanol–water partition coefficient (Wildman–Crippen LogP) is -0.574. The number of aryl methyl sites for hydroxylation is 1. The number of hydrogen-bond donors (Lipinski definition) is 4. The molecule has 0 unspecified atom stereocenters. The Hall–Kier alpha value is -2.37. The molecule has 0 aliphatic rings. The van der Waals surface area contributed by atoms with Gasteiger partial charge in [-0.25, -0.2) is 0 Å². The average Bonchev–Trinajstić information content (AvgIpc) is 2.58. The van der Waals surface area contributed by atoms with E-state index < -0.39 is 12.4 Å². The van der Waals surface area contributed by atoms with Crippen LogP contribution in [0.3, 0.4) is 0 Å². The smallest absolute Gasteiger partial charge is 0.256 e. The summed E-state index contributed by atoms with van der Waals surface area (Å²) >= 11 is 0. The number of phenols is 3. The summed E-state index contributed by atoms with van der Waals surface area (Å²) in [5, 5.41) is 32.6. The molecule has 0 atom stereocenters. The molecule has 0 saturated heterocycles. The lowest BCUT2D eigenvalue weighted by Gasteiger charge is -2.21. The van der Waals surface area contributed by atoms with Gasteiger partial charge in [0.2, 0.25) is 0 Å². The zero-order chi connectivity index (χ0) is 19.8. The van der Waals surface area contributed by atoms with Crippen LogP contribution in [0.4, 0.5) is 5.69 Å². The number of anilines is 1. The third kappa shape index (κ3) is 3.46. The van der Waals surface area contributed by atoms with E-state index in [4.69, 9.17) is 23.2 Å². The molecular formula is C16H15B5NO4. The maximum absolute atomic E-state index is 12.7. The first-order valence-corrected chi connectivity index (χ1v) is 7.86. The maximum atomic E-state index is 12.7. The summed E-state index contributed by atoms with van der Waals surface area (Å²) in [4.78, 5) is 12.7. The predicted molar refractivity (Wildman–Crippen MR) is 108 cm³/mol. The Bertz CT molecular complexity index is 886. The lowest BCUT2D eigenvalue weighted by atomic mass is 9.16. The number of rotatable bonds is 4. The molecule has 0 aliphatic heterocycles. The van der Waals surface area contributed by atoms with Crippen molar-refractivity contribution in [3.8, 4) is 17.2 Å². The van der Waals surface area contributed by atoms with E-state index in [1.54, 1.807) is 13.8 Å². The Morgan fingerprint density at radius 2 is 1.65 bits per heavy atom. The fraction of sp³-hybridized carbons (Fsp3) is 0.188. The molecule has 123 valence electrons. The zero-order valence-electron chi connectivity index (χ0n) is 14.8. The molecule has 5 nitrogen and oxygen atoms in total. The summed E-state index contributed by atoms with van der Waals surface area (Å²) < 4.78 is 0. The minimum absolute atomic E-state index is 0.0734. The lowest BCUT2D eigenvalue weighted by molar-refractivity contribution is 0.102. The standard InChI is InChI=1S/C16H15B5NO4/c1-6-4-9(7(2)15(25)13(6)23)16(26)22-11-5-10(20-17)14(24)8(3)12(11)21(18)19/h4-5,23-25H,1-3H3,(H,22,26). The van der Waals surface area contributed by atoms with Crippen molar-refractivity contribution in [3.05, 3.63) is 34.4 Å². The highest BCUT2D eigenvalue weighted by molar-refractivity contribution is 7.35. The van der Waals surface area contributed by atoms with Crippen LogP contribution in [0.2, 0.25) is 0 Å². The minimum atomic E-state index is -0.945. The summed E-state index contributed by atoms with van der Waals surface area (Å²) in [6.07, 6.45) is 0. The zero-order valence-corrected chi connectivity index (χ0v) is 14.8. The van der Waals surface area contributed by atoms with Gasteiger partial charge < -0.3 is 20.6 Å². The molecule has 0 saturated carbocycles. The number of phenolic OH excluding ortho intramolecular Hbond substituents is 3. The van der Waals surface area contributed by atoms with Crippen molar-refractivity contribution in [2.24, 2.45) is 0 Å². The summed E-state index contributed by atoms with van der Waals surface area (Å²) in [6, 6.07) is 2.93. The second-order valence-corrected chi connectivity index (χ2v) is 6.11. The SMILES string of the molecule is [B][B]c1cc(NC(=O)c2cc(C)c(O)c(O)c2C)c(B([B])[B])c(C)c1O. The van der Waals surface area contributed by atoms with Gasteiger partial charge in [0.05, 0.1) is 6.49 Å². The van der Waals surface area contributed by atoms with Crippen molar-refractivity contribution in [2.75, 3.05) is 5.32 Å². The van der Waals surface area contributed by atoms with Crippen LogP contribution in [-0.2, 0) is 0 Å². The molecule has 2 rings (SSSR count). The third-order valence-electron chi connectivity index (χ3n) is 4.35. The largest absolute Gasteiger partial charge is 0.508 e. The summed E-state index contributed by atoms with van der Waals surface area (Å²) in [6.45, 7) is 3.75. The lowest BCUT2D eigenvalue weighted by Crippen LogP contribution is -2.39.